The van der Waals surface area contributed by atoms with Crippen molar-refractivity contribution < 1.29 is 4.48 Å². The number of rotatable bonds is 1. The number of hydrogen-bond acceptors (Lipinski definition) is 0. The third-order valence-corrected chi connectivity index (χ3v) is 11.1. The molecule has 0 aliphatic carbocycles. The number of quaternary nitrogens is 1. The van der Waals surface area contributed by atoms with Crippen LogP contribution in [0.1, 0.15) is 96.9 Å². The van der Waals surface area contributed by atoms with E-state index >= 15 is 0 Å². The highest BCUT2D eigenvalue weighted by Gasteiger charge is 2.75. The van der Waals surface area contributed by atoms with Gasteiger partial charge in [-0.1, -0.05) is 55.4 Å². The van der Waals surface area contributed by atoms with Crippen LogP contribution in [0, 0.1) is 21.7 Å². The summed E-state index contributed by atoms with van der Waals surface area (Å²) in [5.74, 6) is 0. The van der Waals surface area contributed by atoms with Gasteiger partial charge in [0.1, 0.15) is 0 Å². The lowest BCUT2D eigenvalue weighted by molar-refractivity contribution is -1.03. The van der Waals surface area contributed by atoms with Crippen LogP contribution in [-0.2, 0) is 0 Å². The number of nitrogens with zero attached hydrogens (tertiary/aromatic N) is 1. The molecule has 1 heteroatoms. The minimum atomic E-state index is 0.152. The lowest BCUT2D eigenvalue weighted by Gasteiger charge is -2.65. The van der Waals surface area contributed by atoms with Crippen molar-refractivity contribution in [2.45, 2.75) is 114 Å². The molecule has 0 amide bonds. The molecule has 1 saturated heterocycles. The van der Waals surface area contributed by atoms with Gasteiger partial charge in [-0.2, -0.15) is 0 Å². The van der Waals surface area contributed by atoms with Crippen LogP contribution >= 0.6 is 0 Å². The van der Waals surface area contributed by atoms with Crippen LogP contribution in [0.2, 0.25) is 0 Å². The van der Waals surface area contributed by atoms with Crippen LogP contribution in [0.15, 0.2) is 0 Å². The first-order valence-corrected chi connectivity index (χ1v) is 9.56. The lowest BCUT2D eigenvalue weighted by Crippen LogP contribution is -2.77. The minimum absolute atomic E-state index is 0.152. The van der Waals surface area contributed by atoms with Gasteiger partial charge >= 0.3 is 0 Å². The molecule has 1 aliphatic rings. The predicted molar refractivity (Wildman–Crippen MR) is 105 cm³/mol. The molecule has 0 radical (unpaired) electrons. The molecule has 0 N–H and O–H groups in total. The Morgan fingerprint density at radius 1 is 0.478 bits per heavy atom. The molecular formula is C22H46N+. The summed E-state index contributed by atoms with van der Waals surface area (Å²) in [4.78, 5) is 0. The molecule has 0 atom stereocenters. The maximum absolute atomic E-state index is 2.52. The zero-order chi connectivity index (χ0) is 19.1. The fourth-order valence-electron chi connectivity index (χ4n) is 6.24. The van der Waals surface area contributed by atoms with Gasteiger partial charge in [-0.25, -0.2) is 0 Å². The van der Waals surface area contributed by atoms with Crippen molar-refractivity contribution in [1.29, 1.82) is 0 Å². The number of hydrogen-bond donors (Lipinski definition) is 0. The minimum Gasteiger partial charge on any atom is -0.314 e. The van der Waals surface area contributed by atoms with Gasteiger partial charge in [0.2, 0.25) is 0 Å². The van der Waals surface area contributed by atoms with Crippen LogP contribution in [0.3, 0.4) is 0 Å². The van der Waals surface area contributed by atoms with E-state index in [1.807, 2.05) is 0 Å². The fourth-order valence-corrected chi connectivity index (χ4v) is 6.24. The van der Waals surface area contributed by atoms with Crippen molar-refractivity contribution >= 4 is 0 Å². The highest BCUT2D eigenvalue weighted by Crippen LogP contribution is 2.71. The van der Waals surface area contributed by atoms with Crippen molar-refractivity contribution in [1.82, 2.24) is 0 Å². The van der Waals surface area contributed by atoms with Gasteiger partial charge < -0.3 is 4.48 Å². The van der Waals surface area contributed by atoms with E-state index in [4.69, 9.17) is 0 Å². The van der Waals surface area contributed by atoms with Gasteiger partial charge in [-0.15, -0.1) is 0 Å². The van der Waals surface area contributed by atoms with Gasteiger partial charge in [0.25, 0.3) is 0 Å². The largest absolute Gasteiger partial charge is 0.314 e. The molecule has 23 heavy (non-hydrogen) atoms. The molecule has 138 valence electrons. The Hall–Kier alpha value is -0.0400. The monoisotopic (exact) mass is 324 g/mol. The van der Waals surface area contributed by atoms with E-state index in [0.29, 0.717) is 6.04 Å². The summed E-state index contributed by atoms with van der Waals surface area (Å²) in [6.45, 7) is 35.1. The Morgan fingerprint density at radius 2 is 0.696 bits per heavy atom. The topological polar surface area (TPSA) is 0 Å². The quantitative estimate of drug-likeness (QED) is 0.482. The van der Waals surface area contributed by atoms with Crippen LogP contribution < -0.4 is 0 Å². The van der Waals surface area contributed by atoms with E-state index in [0.717, 1.165) is 4.48 Å². The Kier molecular flexibility index (Phi) is 4.36. The lowest BCUT2D eigenvalue weighted by atomic mass is 9.43. The van der Waals surface area contributed by atoms with Gasteiger partial charge in [-0.05, 0) is 52.4 Å². The van der Waals surface area contributed by atoms with E-state index in [9.17, 15) is 0 Å². The van der Waals surface area contributed by atoms with Crippen molar-refractivity contribution in [3.05, 3.63) is 0 Å². The molecule has 0 bridgehead atoms. The molecule has 1 fully saturated rings. The maximum Gasteiger partial charge on any atom is 0.0996 e. The molecule has 1 rings (SSSR count). The maximum atomic E-state index is 2.52. The van der Waals surface area contributed by atoms with Crippen molar-refractivity contribution in [2.75, 3.05) is 7.05 Å². The van der Waals surface area contributed by atoms with Gasteiger partial charge in [0, 0.05) is 10.8 Å². The second-order valence-corrected chi connectivity index (χ2v) is 11.8. The molecular weight excluding hydrogens is 278 g/mol. The normalized spacial score (nSPS) is 32.3. The number of likely N-dealkylation sites (tertiary alicyclic amines) is 1. The molecule has 0 unspecified atom stereocenters. The summed E-state index contributed by atoms with van der Waals surface area (Å²) in [7, 11) is 2.52. The Balaban J connectivity index is 4.09. The second-order valence-electron chi connectivity index (χ2n) is 11.8. The SMILES string of the molecule is CC(C)[N+]1(C)C(C)(C)C(C)(C)C(C)(C)C(C)(C)C(C)(C)C1(C)C. The first kappa shape index (κ1) is 21.0. The van der Waals surface area contributed by atoms with Crippen LogP contribution in [0.25, 0.3) is 0 Å². The molecule has 1 aliphatic heterocycles. The molecule has 1 nitrogen and oxygen atoms in total. The Bertz CT molecular complexity index is 434. The average molecular weight is 325 g/mol. The van der Waals surface area contributed by atoms with E-state index < -0.39 is 0 Å². The average Bonchev–Trinajstić information content (AvgIpc) is 2.35. The van der Waals surface area contributed by atoms with E-state index in [1.54, 1.807) is 0 Å². The summed E-state index contributed by atoms with van der Waals surface area (Å²) in [5, 5.41) is 0. The third-order valence-electron chi connectivity index (χ3n) is 11.1. The van der Waals surface area contributed by atoms with E-state index in [-0.39, 0.29) is 32.7 Å². The first-order valence-electron chi connectivity index (χ1n) is 9.56. The molecule has 0 spiro atoms. The Morgan fingerprint density at radius 3 is 0.870 bits per heavy atom. The summed E-state index contributed by atoms with van der Waals surface area (Å²) in [6.07, 6.45) is 0. The third kappa shape index (κ3) is 1.84. The smallest absolute Gasteiger partial charge is 0.0996 e. The molecule has 0 saturated carbocycles. The Labute approximate surface area is 147 Å². The van der Waals surface area contributed by atoms with Gasteiger partial charge in [-0.3, -0.25) is 0 Å². The van der Waals surface area contributed by atoms with Gasteiger partial charge in [0.05, 0.1) is 24.2 Å². The zero-order valence-electron chi connectivity index (χ0n) is 19.0. The predicted octanol–water partition coefficient (Wildman–Crippen LogP) is 6.52. The first-order chi connectivity index (χ1) is 9.69. The van der Waals surface area contributed by atoms with Crippen molar-refractivity contribution in [3.8, 4) is 0 Å². The van der Waals surface area contributed by atoms with E-state index in [2.05, 4.69) is 104 Å². The molecule has 0 aromatic carbocycles. The summed E-state index contributed by atoms with van der Waals surface area (Å²) >= 11 is 0. The van der Waals surface area contributed by atoms with Crippen LogP contribution in [-0.4, -0.2) is 28.7 Å². The van der Waals surface area contributed by atoms with Crippen molar-refractivity contribution in [3.63, 3.8) is 0 Å². The summed E-state index contributed by atoms with van der Waals surface area (Å²) in [6, 6.07) is 0.572. The van der Waals surface area contributed by atoms with Crippen molar-refractivity contribution in [2.24, 2.45) is 21.7 Å². The zero-order valence-corrected chi connectivity index (χ0v) is 19.0. The fraction of sp³-hybridized carbons (Fsp3) is 1.00. The van der Waals surface area contributed by atoms with Crippen LogP contribution in [0.4, 0.5) is 0 Å². The van der Waals surface area contributed by atoms with Gasteiger partial charge in [0.15, 0.2) is 0 Å². The highest BCUT2D eigenvalue weighted by atomic mass is 15.5. The van der Waals surface area contributed by atoms with Crippen LogP contribution in [0.5, 0.6) is 0 Å². The highest BCUT2D eigenvalue weighted by molar-refractivity contribution is 5.15. The molecule has 1 heterocycles. The molecule has 0 aromatic heterocycles. The summed E-state index contributed by atoms with van der Waals surface area (Å²) < 4.78 is 1.09. The molecule has 0 aromatic rings. The van der Waals surface area contributed by atoms with E-state index in [1.165, 1.54) is 0 Å². The standard InChI is InChI=1S/C22H46N/c1-16(2)23(15)21(11,12)19(7,8)17(3,4)18(5,6)20(9,10)22(23,13)14/h16H,1-15H3/q+1. The second kappa shape index (κ2) is 4.77. The summed E-state index contributed by atoms with van der Waals surface area (Å²) in [5.41, 5.74) is 1.09.